The fourth-order valence-electron chi connectivity index (χ4n) is 2.12. The predicted molar refractivity (Wildman–Crippen MR) is 79.3 cm³/mol. The first-order valence-corrected chi connectivity index (χ1v) is 6.86. The van der Waals surface area contributed by atoms with Crippen LogP contribution in [0.15, 0.2) is 18.2 Å². The fourth-order valence-corrected chi connectivity index (χ4v) is 2.12. The summed E-state index contributed by atoms with van der Waals surface area (Å²) in [5.74, 6) is 0.811. The molecule has 1 aromatic rings. The molecule has 19 heavy (non-hydrogen) atoms. The third-order valence-electron chi connectivity index (χ3n) is 3.16. The molecule has 1 rings (SSSR count). The predicted octanol–water partition coefficient (Wildman–Crippen LogP) is 3.43. The molecule has 0 saturated carbocycles. The normalized spacial score (nSPS) is 10.5. The van der Waals surface area contributed by atoms with E-state index < -0.39 is 0 Å². The minimum Gasteiger partial charge on any atom is -0.497 e. The van der Waals surface area contributed by atoms with Gasteiger partial charge in [0.2, 0.25) is 5.91 Å². The summed E-state index contributed by atoms with van der Waals surface area (Å²) in [5, 5.41) is 2.91. The number of carbonyl (C=O) groups is 1. The summed E-state index contributed by atoms with van der Waals surface area (Å²) < 4.78 is 5.09. The van der Waals surface area contributed by atoms with Crippen LogP contribution in [0.4, 0.5) is 11.4 Å². The van der Waals surface area contributed by atoms with Crippen LogP contribution >= 0.6 is 0 Å². The summed E-state index contributed by atoms with van der Waals surface area (Å²) in [4.78, 5) is 12.2. The molecule has 0 bridgehead atoms. The van der Waals surface area contributed by atoms with Crippen molar-refractivity contribution in [1.82, 2.24) is 0 Å². The third-order valence-corrected chi connectivity index (χ3v) is 3.16. The lowest BCUT2D eigenvalue weighted by atomic mass is 9.97. The Morgan fingerprint density at radius 2 is 1.95 bits per heavy atom. The van der Waals surface area contributed by atoms with E-state index in [1.165, 1.54) is 0 Å². The second-order valence-electron chi connectivity index (χ2n) is 4.72. The van der Waals surface area contributed by atoms with E-state index in [1.807, 2.05) is 0 Å². The van der Waals surface area contributed by atoms with Gasteiger partial charge in [0, 0.05) is 12.0 Å². The van der Waals surface area contributed by atoms with Crippen molar-refractivity contribution in [1.29, 1.82) is 0 Å². The SMILES string of the molecule is CCCC(CCC)C(=O)Nc1ccc(OC)cc1N. The minimum absolute atomic E-state index is 0.0561. The first kappa shape index (κ1) is 15.3. The molecule has 4 heteroatoms. The van der Waals surface area contributed by atoms with E-state index in [0.29, 0.717) is 17.1 Å². The number of hydrogen-bond donors (Lipinski definition) is 2. The number of nitrogens with two attached hydrogens (primary N) is 1. The lowest BCUT2D eigenvalue weighted by molar-refractivity contribution is -0.120. The van der Waals surface area contributed by atoms with E-state index >= 15 is 0 Å². The van der Waals surface area contributed by atoms with Crippen LogP contribution in [-0.4, -0.2) is 13.0 Å². The van der Waals surface area contributed by atoms with Crippen LogP contribution in [0.25, 0.3) is 0 Å². The molecule has 4 nitrogen and oxygen atoms in total. The molecule has 3 N–H and O–H groups in total. The molecule has 0 saturated heterocycles. The van der Waals surface area contributed by atoms with Gasteiger partial charge in [0.1, 0.15) is 5.75 Å². The van der Waals surface area contributed by atoms with E-state index in [9.17, 15) is 4.79 Å². The van der Waals surface area contributed by atoms with Gasteiger partial charge < -0.3 is 15.8 Å². The van der Waals surface area contributed by atoms with Gasteiger partial charge in [0.05, 0.1) is 18.5 Å². The van der Waals surface area contributed by atoms with Crippen molar-refractivity contribution in [2.24, 2.45) is 5.92 Å². The number of rotatable bonds is 7. The van der Waals surface area contributed by atoms with Crippen LogP contribution in [0.5, 0.6) is 5.75 Å². The first-order valence-electron chi connectivity index (χ1n) is 6.86. The Morgan fingerprint density at radius 3 is 2.42 bits per heavy atom. The van der Waals surface area contributed by atoms with Gasteiger partial charge in [0.25, 0.3) is 0 Å². The van der Waals surface area contributed by atoms with Crippen molar-refractivity contribution in [3.8, 4) is 5.75 Å². The molecule has 0 radical (unpaired) electrons. The molecule has 1 amide bonds. The average Bonchev–Trinajstić information content (AvgIpc) is 2.40. The molecular weight excluding hydrogens is 240 g/mol. The lowest BCUT2D eigenvalue weighted by Crippen LogP contribution is -2.23. The van der Waals surface area contributed by atoms with Crippen molar-refractivity contribution >= 4 is 17.3 Å². The number of carbonyl (C=O) groups excluding carboxylic acids is 1. The summed E-state index contributed by atoms with van der Waals surface area (Å²) in [7, 11) is 1.59. The second-order valence-corrected chi connectivity index (χ2v) is 4.72. The van der Waals surface area contributed by atoms with Crippen LogP contribution < -0.4 is 15.8 Å². The number of nitrogen functional groups attached to an aromatic ring is 1. The van der Waals surface area contributed by atoms with Gasteiger partial charge in [-0.3, -0.25) is 4.79 Å². The van der Waals surface area contributed by atoms with Crippen LogP contribution in [0.2, 0.25) is 0 Å². The number of anilines is 2. The third kappa shape index (κ3) is 4.47. The molecule has 0 atom stereocenters. The summed E-state index contributed by atoms with van der Waals surface area (Å²) in [6.45, 7) is 4.19. The molecule has 0 unspecified atom stereocenters. The Balaban J connectivity index is 2.74. The van der Waals surface area contributed by atoms with E-state index in [1.54, 1.807) is 25.3 Å². The van der Waals surface area contributed by atoms with Crippen molar-refractivity contribution in [3.05, 3.63) is 18.2 Å². The minimum atomic E-state index is 0.0561. The van der Waals surface area contributed by atoms with Gasteiger partial charge in [-0.05, 0) is 25.0 Å². The summed E-state index contributed by atoms with van der Waals surface area (Å²) in [6.07, 6.45) is 3.85. The highest BCUT2D eigenvalue weighted by molar-refractivity contribution is 5.95. The number of amides is 1. The number of hydrogen-bond acceptors (Lipinski definition) is 3. The van der Waals surface area contributed by atoms with E-state index in [0.717, 1.165) is 25.7 Å². The van der Waals surface area contributed by atoms with Crippen molar-refractivity contribution in [2.45, 2.75) is 39.5 Å². The van der Waals surface area contributed by atoms with Crippen LogP contribution in [-0.2, 0) is 4.79 Å². The lowest BCUT2D eigenvalue weighted by Gasteiger charge is -2.16. The second kappa shape index (κ2) is 7.67. The Hall–Kier alpha value is -1.71. The number of methoxy groups -OCH3 is 1. The quantitative estimate of drug-likeness (QED) is 0.741. The Kier molecular flexibility index (Phi) is 6.19. The number of benzene rings is 1. The van der Waals surface area contributed by atoms with Gasteiger partial charge in [-0.1, -0.05) is 26.7 Å². The Labute approximate surface area is 115 Å². The molecule has 0 aliphatic rings. The molecule has 1 aromatic carbocycles. The molecule has 0 aliphatic carbocycles. The molecular formula is C15H24N2O2. The first-order chi connectivity index (χ1) is 9.12. The van der Waals surface area contributed by atoms with Gasteiger partial charge in [-0.25, -0.2) is 0 Å². The molecule has 0 fully saturated rings. The zero-order chi connectivity index (χ0) is 14.3. The van der Waals surface area contributed by atoms with Crippen molar-refractivity contribution < 1.29 is 9.53 Å². The number of nitrogens with one attached hydrogen (secondary N) is 1. The highest BCUT2D eigenvalue weighted by atomic mass is 16.5. The topological polar surface area (TPSA) is 64.3 Å². The fraction of sp³-hybridized carbons (Fsp3) is 0.533. The molecule has 0 spiro atoms. The zero-order valence-electron chi connectivity index (χ0n) is 12.0. The monoisotopic (exact) mass is 264 g/mol. The molecule has 0 aliphatic heterocycles. The maximum absolute atomic E-state index is 12.2. The number of ether oxygens (including phenoxy) is 1. The van der Waals surface area contributed by atoms with Crippen LogP contribution in [0, 0.1) is 5.92 Å². The molecule has 0 aromatic heterocycles. The maximum Gasteiger partial charge on any atom is 0.227 e. The maximum atomic E-state index is 12.2. The Morgan fingerprint density at radius 1 is 1.32 bits per heavy atom. The smallest absolute Gasteiger partial charge is 0.227 e. The summed E-state index contributed by atoms with van der Waals surface area (Å²) in [6, 6.07) is 5.28. The van der Waals surface area contributed by atoms with Gasteiger partial charge in [-0.15, -0.1) is 0 Å². The summed E-state index contributed by atoms with van der Waals surface area (Å²) in [5.41, 5.74) is 7.08. The molecule has 106 valence electrons. The van der Waals surface area contributed by atoms with E-state index in [-0.39, 0.29) is 11.8 Å². The van der Waals surface area contributed by atoms with Crippen molar-refractivity contribution in [3.63, 3.8) is 0 Å². The zero-order valence-corrected chi connectivity index (χ0v) is 12.0. The molecule has 0 heterocycles. The van der Waals surface area contributed by atoms with Crippen LogP contribution in [0.3, 0.4) is 0 Å². The van der Waals surface area contributed by atoms with E-state index in [2.05, 4.69) is 19.2 Å². The van der Waals surface area contributed by atoms with Crippen LogP contribution in [0.1, 0.15) is 39.5 Å². The Bertz CT molecular complexity index is 413. The summed E-state index contributed by atoms with van der Waals surface area (Å²) >= 11 is 0. The highest BCUT2D eigenvalue weighted by Gasteiger charge is 2.17. The van der Waals surface area contributed by atoms with Gasteiger partial charge >= 0.3 is 0 Å². The van der Waals surface area contributed by atoms with Gasteiger partial charge in [0.15, 0.2) is 0 Å². The largest absolute Gasteiger partial charge is 0.497 e. The highest BCUT2D eigenvalue weighted by Crippen LogP contribution is 2.25. The standard InChI is InChI=1S/C15H24N2O2/c1-4-6-11(7-5-2)15(18)17-14-9-8-12(19-3)10-13(14)16/h8-11H,4-7,16H2,1-3H3,(H,17,18). The average molecular weight is 264 g/mol. The van der Waals surface area contributed by atoms with Gasteiger partial charge in [-0.2, -0.15) is 0 Å². The van der Waals surface area contributed by atoms with E-state index in [4.69, 9.17) is 10.5 Å². The van der Waals surface area contributed by atoms with Crippen molar-refractivity contribution in [2.75, 3.05) is 18.2 Å².